The number of para-hydroxylation sites is 1. The number of nitrogens with one attached hydrogen (secondary N) is 1. The van der Waals surface area contributed by atoms with E-state index in [0.717, 1.165) is 16.5 Å². The summed E-state index contributed by atoms with van der Waals surface area (Å²) < 4.78 is 0. The summed E-state index contributed by atoms with van der Waals surface area (Å²) in [5.41, 5.74) is 3.36. The standard InChI is InChI=1S/C26H21N3O3/c30-24(17-7-2-1-3-8-17)22-23(19-9-6-13-27-15-19)29(26(32)25(22)31)14-12-18-16-28-21-11-5-4-10-20(18)21/h1-11,13,15-16,23,28,30H,12,14H2/t23-/m1/s1. The molecule has 1 aliphatic heterocycles. The lowest BCUT2D eigenvalue weighted by molar-refractivity contribution is -0.139. The molecule has 2 N–H and O–H groups in total. The van der Waals surface area contributed by atoms with Gasteiger partial charge >= 0.3 is 0 Å². The number of benzene rings is 2. The third-order valence-corrected chi connectivity index (χ3v) is 5.88. The van der Waals surface area contributed by atoms with Crippen LogP contribution in [0.15, 0.2) is 90.9 Å². The average Bonchev–Trinajstić information content (AvgIpc) is 3.37. The number of ketones is 1. The Bertz CT molecular complexity index is 1330. The number of Topliss-reactive ketones (excluding diaryl/α,β-unsaturated/α-hetero) is 1. The minimum atomic E-state index is -0.700. The van der Waals surface area contributed by atoms with Gasteiger partial charge in [-0.2, -0.15) is 0 Å². The number of nitrogens with zero attached hydrogens (tertiary/aromatic N) is 2. The van der Waals surface area contributed by atoms with E-state index in [1.54, 1.807) is 42.7 Å². The highest BCUT2D eigenvalue weighted by atomic mass is 16.3. The fraction of sp³-hybridized carbons (Fsp3) is 0.115. The summed E-state index contributed by atoms with van der Waals surface area (Å²) in [6, 6.07) is 19.7. The van der Waals surface area contributed by atoms with Crippen LogP contribution in [0, 0.1) is 0 Å². The molecule has 1 amide bonds. The topological polar surface area (TPSA) is 86.3 Å². The van der Waals surface area contributed by atoms with Crippen molar-refractivity contribution in [3.05, 3.63) is 108 Å². The van der Waals surface area contributed by atoms with Crippen LogP contribution in [0.25, 0.3) is 16.7 Å². The van der Waals surface area contributed by atoms with Gasteiger partial charge in [0.1, 0.15) is 5.76 Å². The van der Waals surface area contributed by atoms with Gasteiger partial charge in [-0.3, -0.25) is 14.6 Å². The smallest absolute Gasteiger partial charge is 0.295 e. The van der Waals surface area contributed by atoms with Gasteiger partial charge in [-0.25, -0.2) is 0 Å². The molecule has 6 heteroatoms. The SMILES string of the molecule is O=C1C(=O)N(CCc2c[nH]c3ccccc23)[C@H](c2cccnc2)C1=C(O)c1ccccc1. The van der Waals surface area contributed by atoms with Gasteiger partial charge in [-0.1, -0.05) is 54.6 Å². The molecular formula is C26H21N3O3. The Morgan fingerprint density at radius 1 is 1.00 bits per heavy atom. The molecule has 6 nitrogen and oxygen atoms in total. The number of rotatable bonds is 5. The van der Waals surface area contributed by atoms with Crippen LogP contribution in [0.3, 0.4) is 0 Å². The largest absolute Gasteiger partial charge is 0.507 e. The highest BCUT2D eigenvalue weighted by molar-refractivity contribution is 6.46. The van der Waals surface area contributed by atoms with Crippen LogP contribution in [-0.2, 0) is 16.0 Å². The van der Waals surface area contributed by atoms with Gasteiger partial charge < -0.3 is 15.0 Å². The first-order chi connectivity index (χ1) is 15.6. The third-order valence-electron chi connectivity index (χ3n) is 5.88. The monoisotopic (exact) mass is 423 g/mol. The van der Waals surface area contributed by atoms with E-state index >= 15 is 0 Å². The second kappa shape index (κ2) is 8.15. The first-order valence-corrected chi connectivity index (χ1v) is 10.4. The van der Waals surface area contributed by atoms with Crippen molar-refractivity contribution < 1.29 is 14.7 Å². The molecule has 1 atom stereocenters. The Hall–Kier alpha value is -4.19. The van der Waals surface area contributed by atoms with E-state index in [-0.39, 0.29) is 11.3 Å². The zero-order valence-corrected chi connectivity index (χ0v) is 17.2. The molecule has 1 fully saturated rings. The minimum absolute atomic E-state index is 0.0909. The van der Waals surface area contributed by atoms with Crippen LogP contribution in [-0.4, -0.2) is 38.2 Å². The van der Waals surface area contributed by atoms with E-state index in [9.17, 15) is 14.7 Å². The van der Waals surface area contributed by atoms with Crippen molar-refractivity contribution in [2.24, 2.45) is 0 Å². The van der Waals surface area contributed by atoms with Crippen LogP contribution in [0.2, 0.25) is 0 Å². The Morgan fingerprint density at radius 3 is 2.56 bits per heavy atom. The predicted molar refractivity (Wildman–Crippen MR) is 122 cm³/mol. The fourth-order valence-corrected chi connectivity index (χ4v) is 4.33. The Kier molecular flexibility index (Phi) is 5.03. The number of hydrogen-bond acceptors (Lipinski definition) is 4. The second-order valence-corrected chi connectivity index (χ2v) is 7.75. The molecule has 0 bridgehead atoms. The van der Waals surface area contributed by atoms with Gasteiger partial charge in [-0.15, -0.1) is 0 Å². The first kappa shape index (κ1) is 19.8. The summed E-state index contributed by atoms with van der Waals surface area (Å²) >= 11 is 0. The van der Waals surface area contributed by atoms with Gasteiger partial charge in [0.2, 0.25) is 0 Å². The number of hydrogen-bond donors (Lipinski definition) is 2. The number of aromatic amines is 1. The summed E-state index contributed by atoms with van der Waals surface area (Å²) in [7, 11) is 0. The molecule has 0 saturated carbocycles. The Balaban J connectivity index is 1.55. The molecule has 1 aliphatic rings. The molecule has 0 spiro atoms. The molecular weight excluding hydrogens is 402 g/mol. The molecule has 158 valence electrons. The molecule has 4 aromatic rings. The Labute approximate surface area is 184 Å². The maximum Gasteiger partial charge on any atom is 0.295 e. The van der Waals surface area contributed by atoms with Crippen LogP contribution in [0.4, 0.5) is 0 Å². The Morgan fingerprint density at radius 2 is 1.78 bits per heavy atom. The molecule has 5 rings (SSSR count). The number of carbonyl (C=O) groups is 2. The zero-order valence-electron chi connectivity index (χ0n) is 17.2. The number of likely N-dealkylation sites (tertiary alicyclic amines) is 1. The molecule has 2 aromatic heterocycles. The summed E-state index contributed by atoms with van der Waals surface area (Å²) in [4.78, 5) is 35.1. The van der Waals surface area contributed by atoms with Crippen molar-refractivity contribution >= 4 is 28.4 Å². The highest BCUT2D eigenvalue weighted by Gasteiger charge is 2.45. The van der Waals surface area contributed by atoms with Crippen molar-refractivity contribution in [2.45, 2.75) is 12.5 Å². The normalized spacial score (nSPS) is 17.9. The van der Waals surface area contributed by atoms with Crippen LogP contribution < -0.4 is 0 Å². The summed E-state index contributed by atoms with van der Waals surface area (Å²) in [5.74, 6) is -1.47. The van der Waals surface area contributed by atoms with Crippen molar-refractivity contribution in [2.75, 3.05) is 6.54 Å². The van der Waals surface area contributed by atoms with E-state index in [1.807, 2.05) is 42.6 Å². The number of amides is 1. The van der Waals surface area contributed by atoms with E-state index in [2.05, 4.69) is 9.97 Å². The van der Waals surface area contributed by atoms with Gasteiger partial charge in [-0.05, 0) is 29.7 Å². The first-order valence-electron chi connectivity index (χ1n) is 10.4. The maximum atomic E-state index is 13.1. The van der Waals surface area contributed by atoms with Gasteiger partial charge in [0.05, 0.1) is 11.6 Å². The fourth-order valence-electron chi connectivity index (χ4n) is 4.33. The number of aliphatic hydroxyl groups excluding tert-OH is 1. The molecule has 32 heavy (non-hydrogen) atoms. The molecule has 3 heterocycles. The van der Waals surface area contributed by atoms with E-state index in [0.29, 0.717) is 24.1 Å². The van der Waals surface area contributed by atoms with Crippen molar-refractivity contribution in [1.29, 1.82) is 0 Å². The van der Waals surface area contributed by atoms with Gasteiger partial charge in [0.25, 0.3) is 11.7 Å². The van der Waals surface area contributed by atoms with Crippen LogP contribution >= 0.6 is 0 Å². The predicted octanol–water partition coefficient (Wildman–Crippen LogP) is 4.23. The van der Waals surface area contributed by atoms with Crippen LogP contribution in [0.1, 0.15) is 22.7 Å². The molecule has 1 saturated heterocycles. The zero-order chi connectivity index (χ0) is 22.1. The van der Waals surface area contributed by atoms with E-state index in [1.165, 1.54) is 4.90 Å². The lowest BCUT2D eigenvalue weighted by Gasteiger charge is -2.25. The van der Waals surface area contributed by atoms with E-state index in [4.69, 9.17) is 0 Å². The number of aliphatic hydroxyl groups is 1. The molecule has 0 radical (unpaired) electrons. The van der Waals surface area contributed by atoms with E-state index < -0.39 is 17.7 Å². The second-order valence-electron chi connectivity index (χ2n) is 7.75. The van der Waals surface area contributed by atoms with Crippen molar-refractivity contribution in [3.63, 3.8) is 0 Å². The van der Waals surface area contributed by atoms with Gasteiger partial charge in [0, 0.05) is 41.6 Å². The van der Waals surface area contributed by atoms with Crippen molar-refractivity contribution in [3.8, 4) is 0 Å². The average molecular weight is 423 g/mol. The van der Waals surface area contributed by atoms with Crippen LogP contribution in [0.5, 0.6) is 0 Å². The lowest BCUT2D eigenvalue weighted by atomic mass is 9.96. The van der Waals surface area contributed by atoms with Gasteiger partial charge in [0.15, 0.2) is 0 Å². The quantitative estimate of drug-likeness (QED) is 0.286. The minimum Gasteiger partial charge on any atom is -0.507 e. The number of fused-ring (bicyclic) bond motifs is 1. The third kappa shape index (κ3) is 3.36. The number of aromatic nitrogens is 2. The number of carbonyl (C=O) groups excluding carboxylic acids is 2. The number of pyridine rings is 1. The molecule has 0 unspecified atom stereocenters. The highest BCUT2D eigenvalue weighted by Crippen LogP contribution is 2.39. The summed E-state index contributed by atoms with van der Waals surface area (Å²) in [6.07, 6.45) is 5.77. The summed E-state index contributed by atoms with van der Waals surface area (Å²) in [5, 5.41) is 12.1. The van der Waals surface area contributed by atoms with Crippen molar-refractivity contribution in [1.82, 2.24) is 14.9 Å². The maximum absolute atomic E-state index is 13.1. The summed E-state index contributed by atoms with van der Waals surface area (Å²) in [6.45, 7) is 0.331. The molecule has 0 aliphatic carbocycles. The number of H-pyrrole nitrogens is 1. The lowest BCUT2D eigenvalue weighted by Crippen LogP contribution is -2.31. The molecule has 2 aromatic carbocycles.